The predicted molar refractivity (Wildman–Crippen MR) is 71.6 cm³/mol. The Hall–Kier alpha value is -1.71. The van der Waals surface area contributed by atoms with E-state index in [1.807, 2.05) is 0 Å². The number of aromatic hydroxyl groups is 1. The SMILES string of the molecule is Nc1cccc(C(=O)NC2C3C4CCC(C4)C23)c1O. The second-order valence-electron chi connectivity index (χ2n) is 6.23. The first-order valence-electron chi connectivity index (χ1n) is 7.05. The summed E-state index contributed by atoms with van der Waals surface area (Å²) >= 11 is 0. The standard InChI is InChI=1S/C15H18N2O2/c16-10-3-1-2-9(14(10)18)15(19)17-13-11-7-4-5-8(6-7)12(11)13/h1-3,7-8,11-13,18H,4-6,16H2,(H,17,19). The van der Waals surface area contributed by atoms with Gasteiger partial charge in [-0.1, -0.05) is 6.07 Å². The number of phenolic OH excluding ortho intramolecular Hbond substituents is 1. The van der Waals surface area contributed by atoms with E-state index < -0.39 is 0 Å². The highest BCUT2D eigenvalue weighted by Gasteiger charge is 2.65. The van der Waals surface area contributed by atoms with Crippen molar-refractivity contribution in [1.82, 2.24) is 5.32 Å². The molecule has 4 nitrogen and oxygen atoms in total. The van der Waals surface area contributed by atoms with Crippen molar-refractivity contribution < 1.29 is 9.90 Å². The number of hydrogen-bond donors (Lipinski definition) is 3. The smallest absolute Gasteiger partial charge is 0.255 e. The van der Waals surface area contributed by atoms with Crippen molar-refractivity contribution in [2.75, 3.05) is 5.73 Å². The summed E-state index contributed by atoms with van der Waals surface area (Å²) in [5.74, 6) is 2.76. The normalized spacial score (nSPS) is 38.0. The zero-order valence-corrected chi connectivity index (χ0v) is 10.7. The highest BCUT2D eigenvalue weighted by atomic mass is 16.3. The number of rotatable bonds is 2. The van der Waals surface area contributed by atoms with E-state index >= 15 is 0 Å². The lowest BCUT2D eigenvalue weighted by Crippen LogP contribution is -2.30. The van der Waals surface area contributed by atoms with E-state index in [2.05, 4.69) is 5.32 Å². The van der Waals surface area contributed by atoms with Crippen LogP contribution in [0.2, 0.25) is 0 Å². The Morgan fingerprint density at radius 2 is 1.95 bits per heavy atom. The third kappa shape index (κ3) is 1.49. The molecule has 4 rings (SSSR count). The molecule has 4 N–H and O–H groups in total. The minimum atomic E-state index is -0.191. The molecule has 100 valence electrons. The molecule has 2 bridgehead atoms. The Bertz CT molecular complexity index is 541. The topological polar surface area (TPSA) is 75.4 Å². The molecule has 1 aromatic rings. The largest absolute Gasteiger partial charge is 0.505 e. The summed E-state index contributed by atoms with van der Waals surface area (Å²) < 4.78 is 0. The fourth-order valence-electron chi connectivity index (χ4n) is 4.49. The quantitative estimate of drug-likeness (QED) is 0.559. The van der Waals surface area contributed by atoms with Gasteiger partial charge in [0, 0.05) is 6.04 Å². The Labute approximate surface area is 112 Å². The van der Waals surface area contributed by atoms with Crippen molar-refractivity contribution in [2.24, 2.45) is 23.7 Å². The van der Waals surface area contributed by atoms with Gasteiger partial charge in [0.05, 0.1) is 11.3 Å². The molecule has 0 heterocycles. The van der Waals surface area contributed by atoms with Gasteiger partial charge in [0.15, 0.2) is 5.75 Å². The number of para-hydroxylation sites is 1. The van der Waals surface area contributed by atoms with E-state index in [4.69, 9.17) is 5.73 Å². The average molecular weight is 258 g/mol. The predicted octanol–water partition coefficient (Wildman–Crippen LogP) is 1.75. The van der Waals surface area contributed by atoms with Gasteiger partial charge in [0.2, 0.25) is 0 Å². The Morgan fingerprint density at radius 3 is 2.63 bits per heavy atom. The average Bonchev–Trinajstić information content (AvgIpc) is 2.81. The van der Waals surface area contributed by atoms with Crippen LogP contribution in [0.5, 0.6) is 5.75 Å². The molecule has 1 aromatic carbocycles. The summed E-state index contributed by atoms with van der Waals surface area (Å²) in [6.45, 7) is 0. The molecule has 0 spiro atoms. The number of carbonyl (C=O) groups excluding carboxylic acids is 1. The van der Waals surface area contributed by atoms with Gasteiger partial charge in [-0.25, -0.2) is 0 Å². The highest BCUT2D eigenvalue weighted by Crippen LogP contribution is 2.65. The van der Waals surface area contributed by atoms with Gasteiger partial charge in [-0.3, -0.25) is 4.79 Å². The zero-order valence-electron chi connectivity index (χ0n) is 10.7. The first-order valence-corrected chi connectivity index (χ1v) is 7.05. The van der Waals surface area contributed by atoms with Gasteiger partial charge in [-0.15, -0.1) is 0 Å². The second kappa shape index (κ2) is 3.65. The fraction of sp³-hybridized carbons (Fsp3) is 0.533. The summed E-state index contributed by atoms with van der Waals surface area (Å²) in [4.78, 5) is 12.2. The Balaban J connectivity index is 1.50. The summed E-state index contributed by atoms with van der Waals surface area (Å²) in [6.07, 6.45) is 4.04. The van der Waals surface area contributed by atoms with Crippen molar-refractivity contribution in [1.29, 1.82) is 0 Å². The maximum atomic E-state index is 12.2. The number of benzene rings is 1. The van der Waals surface area contributed by atoms with Crippen molar-refractivity contribution in [3.63, 3.8) is 0 Å². The molecule has 4 atom stereocenters. The number of nitrogen functional groups attached to an aromatic ring is 1. The van der Waals surface area contributed by atoms with Crippen LogP contribution >= 0.6 is 0 Å². The van der Waals surface area contributed by atoms with Crippen LogP contribution in [-0.4, -0.2) is 17.1 Å². The molecule has 0 radical (unpaired) electrons. The zero-order chi connectivity index (χ0) is 13.1. The van der Waals surface area contributed by atoms with Gasteiger partial charge >= 0.3 is 0 Å². The lowest BCUT2D eigenvalue weighted by atomic mass is 10.0. The van der Waals surface area contributed by atoms with Gasteiger partial charge in [-0.2, -0.15) is 0 Å². The number of nitrogens with two attached hydrogens (primary N) is 1. The molecule has 19 heavy (non-hydrogen) atoms. The fourth-order valence-corrected chi connectivity index (χ4v) is 4.49. The van der Waals surface area contributed by atoms with E-state index in [9.17, 15) is 9.90 Å². The third-order valence-electron chi connectivity index (χ3n) is 5.34. The van der Waals surface area contributed by atoms with Gasteiger partial charge in [0.25, 0.3) is 5.91 Å². The highest BCUT2D eigenvalue weighted by molar-refractivity contribution is 5.98. The molecule has 3 aliphatic rings. The van der Waals surface area contributed by atoms with Crippen LogP contribution in [0, 0.1) is 23.7 Å². The van der Waals surface area contributed by atoms with Crippen LogP contribution < -0.4 is 11.1 Å². The molecule has 4 heteroatoms. The minimum absolute atomic E-state index is 0.103. The molecule has 0 aliphatic heterocycles. The molecule has 0 saturated heterocycles. The third-order valence-corrected chi connectivity index (χ3v) is 5.34. The maximum Gasteiger partial charge on any atom is 0.255 e. The van der Waals surface area contributed by atoms with Crippen molar-refractivity contribution >= 4 is 11.6 Å². The Kier molecular flexibility index (Phi) is 2.14. The summed E-state index contributed by atoms with van der Waals surface area (Å²) in [6, 6.07) is 5.24. The number of anilines is 1. The maximum absolute atomic E-state index is 12.2. The summed E-state index contributed by atoms with van der Waals surface area (Å²) in [5.41, 5.74) is 6.16. The first kappa shape index (κ1) is 11.1. The molecule has 3 aliphatic carbocycles. The number of phenols is 1. The number of nitrogens with one attached hydrogen (secondary N) is 1. The number of amides is 1. The van der Waals surface area contributed by atoms with Crippen LogP contribution in [-0.2, 0) is 0 Å². The van der Waals surface area contributed by atoms with Crippen molar-refractivity contribution in [3.05, 3.63) is 23.8 Å². The second-order valence-corrected chi connectivity index (χ2v) is 6.23. The van der Waals surface area contributed by atoms with Crippen LogP contribution in [0.25, 0.3) is 0 Å². The monoisotopic (exact) mass is 258 g/mol. The lowest BCUT2D eigenvalue weighted by molar-refractivity contribution is 0.0941. The molecule has 3 fully saturated rings. The van der Waals surface area contributed by atoms with E-state index in [1.165, 1.54) is 19.3 Å². The number of hydrogen-bond acceptors (Lipinski definition) is 3. The van der Waals surface area contributed by atoms with E-state index in [-0.39, 0.29) is 22.9 Å². The molecular weight excluding hydrogens is 240 g/mol. The first-order chi connectivity index (χ1) is 9.16. The number of carbonyl (C=O) groups is 1. The van der Waals surface area contributed by atoms with Crippen molar-refractivity contribution in [2.45, 2.75) is 25.3 Å². The molecule has 4 unspecified atom stereocenters. The Morgan fingerprint density at radius 1 is 1.26 bits per heavy atom. The van der Waals surface area contributed by atoms with E-state index in [0.717, 1.165) is 11.8 Å². The molecule has 0 aromatic heterocycles. The van der Waals surface area contributed by atoms with E-state index in [0.29, 0.717) is 17.9 Å². The number of fused-ring (bicyclic) bond motifs is 5. The van der Waals surface area contributed by atoms with Crippen LogP contribution in [0.1, 0.15) is 29.6 Å². The molecular formula is C15H18N2O2. The summed E-state index contributed by atoms with van der Waals surface area (Å²) in [5, 5.41) is 12.9. The van der Waals surface area contributed by atoms with Crippen molar-refractivity contribution in [3.8, 4) is 5.75 Å². The van der Waals surface area contributed by atoms with Crippen LogP contribution in [0.4, 0.5) is 5.69 Å². The van der Waals surface area contributed by atoms with E-state index in [1.54, 1.807) is 18.2 Å². The molecule has 3 saturated carbocycles. The minimum Gasteiger partial charge on any atom is -0.505 e. The van der Waals surface area contributed by atoms with Gasteiger partial charge < -0.3 is 16.2 Å². The van der Waals surface area contributed by atoms with Gasteiger partial charge in [-0.05, 0) is 55.1 Å². The lowest BCUT2D eigenvalue weighted by Gasteiger charge is -2.12. The summed E-state index contributed by atoms with van der Waals surface area (Å²) in [7, 11) is 0. The van der Waals surface area contributed by atoms with Crippen LogP contribution in [0.3, 0.4) is 0 Å². The van der Waals surface area contributed by atoms with Crippen LogP contribution in [0.15, 0.2) is 18.2 Å². The molecule has 1 amide bonds. The van der Waals surface area contributed by atoms with Gasteiger partial charge in [0.1, 0.15) is 0 Å².